The van der Waals surface area contributed by atoms with Crippen molar-refractivity contribution in [2.24, 2.45) is 4.99 Å². The molecule has 0 saturated carbocycles. The molecule has 0 aliphatic carbocycles. The maximum Gasteiger partial charge on any atom is 0.416 e. The third-order valence-corrected chi connectivity index (χ3v) is 6.06. The van der Waals surface area contributed by atoms with Crippen LogP contribution in [0, 0.1) is 6.57 Å². The number of hydrogen-bond donors (Lipinski definition) is 0. The number of amides is 1. The maximum absolute atomic E-state index is 13.4. The van der Waals surface area contributed by atoms with E-state index in [-0.39, 0.29) is 12.5 Å². The largest absolute Gasteiger partial charge is 0.416 e. The molecular formula is C24H20F3N5O. The first-order chi connectivity index (χ1) is 15.8. The Labute approximate surface area is 189 Å². The van der Waals surface area contributed by atoms with Gasteiger partial charge in [-0.25, -0.2) is 4.85 Å². The van der Waals surface area contributed by atoms with Crippen LogP contribution in [0.4, 0.5) is 18.9 Å². The Hall–Kier alpha value is -3.64. The highest BCUT2D eigenvalue weighted by Crippen LogP contribution is 2.33. The summed E-state index contributed by atoms with van der Waals surface area (Å²) in [6.45, 7) is 10.3. The highest BCUT2D eigenvalue weighted by molar-refractivity contribution is 6.10. The molecule has 6 nitrogen and oxygen atoms in total. The van der Waals surface area contributed by atoms with Gasteiger partial charge >= 0.3 is 6.18 Å². The van der Waals surface area contributed by atoms with Crippen LogP contribution < -0.4 is 0 Å². The van der Waals surface area contributed by atoms with Crippen LogP contribution in [0.25, 0.3) is 4.85 Å². The average Bonchev–Trinajstić information content (AvgIpc) is 3.44. The third kappa shape index (κ3) is 3.98. The number of hydrogen-bond acceptors (Lipinski definition) is 4. The van der Waals surface area contributed by atoms with Gasteiger partial charge in [0.1, 0.15) is 0 Å². The Balaban J connectivity index is 1.35. The molecular weight excluding hydrogens is 431 g/mol. The van der Waals surface area contributed by atoms with E-state index in [2.05, 4.69) is 19.6 Å². The second-order valence-corrected chi connectivity index (χ2v) is 8.27. The molecule has 2 aromatic carbocycles. The topological polar surface area (TPSA) is 43.5 Å². The van der Waals surface area contributed by atoms with Crippen molar-refractivity contribution in [1.82, 2.24) is 14.7 Å². The van der Waals surface area contributed by atoms with E-state index in [0.29, 0.717) is 55.5 Å². The normalized spacial score (nSPS) is 18.4. The number of rotatable bonds is 4. The van der Waals surface area contributed by atoms with Crippen molar-refractivity contribution in [3.05, 3.63) is 87.9 Å². The first kappa shape index (κ1) is 21.2. The molecule has 3 heterocycles. The molecule has 0 N–H and O–H groups in total. The van der Waals surface area contributed by atoms with Gasteiger partial charge in [-0.15, -0.1) is 0 Å². The molecule has 0 unspecified atom stereocenters. The van der Waals surface area contributed by atoms with Crippen LogP contribution >= 0.6 is 0 Å². The van der Waals surface area contributed by atoms with Crippen molar-refractivity contribution < 1.29 is 18.0 Å². The lowest BCUT2D eigenvalue weighted by Gasteiger charge is -2.35. The summed E-state index contributed by atoms with van der Waals surface area (Å²) in [5.41, 5.74) is 3.13. The second kappa shape index (κ2) is 8.05. The van der Waals surface area contributed by atoms with Gasteiger partial charge in [0.2, 0.25) is 5.96 Å². The number of alkyl halides is 3. The van der Waals surface area contributed by atoms with Gasteiger partial charge in [0.05, 0.1) is 30.8 Å². The highest BCUT2D eigenvalue weighted by Gasteiger charge is 2.42. The van der Waals surface area contributed by atoms with Crippen LogP contribution in [-0.2, 0) is 24.1 Å². The van der Waals surface area contributed by atoms with Crippen molar-refractivity contribution in [3.8, 4) is 0 Å². The molecule has 2 aromatic rings. The van der Waals surface area contributed by atoms with E-state index in [1.54, 1.807) is 11.0 Å². The van der Waals surface area contributed by atoms with Gasteiger partial charge in [0, 0.05) is 31.9 Å². The number of halogens is 3. The molecule has 0 spiro atoms. The van der Waals surface area contributed by atoms with Crippen LogP contribution in [-0.4, -0.2) is 52.7 Å². The van der Waals surface area contributed by atoms with Crippen LogP contribution in [0.5, 0.6) is 0 Å². The first-order valence-corrected chi connectivity index (χ1v) is 10.5. The van der Waals surface area contributed by atoms with Crippen molar-refractivity contribution in [1.29, 1.82) is 0 Å². The van der Waals surface area contributed by atoms with Crippen molar-refractivity contribution in [2.75, 3.05) is 26.2 Å². The lowest BCUT2D eigenvalue weighted by Crippen LogP contribution is -2.49. The van der Waals surface area contributed by atoms with Crippen molar-refractivity contribution in [2.45, 2.75) is 19.3 Å². The quantitative estimate of drug-likeness (QED) is 0.659. The average molecular weight is 451 g/mol. The number of carbonyl (C=O) groups is 1. The van der Waals surface area contributed by atoms with Crippen LogP contribution in [0.1, 0.15) is 16.7 Å². The fourth-order valence-electron chi connectivity index (χ4n) is 4.51. The van der Waals surface area contributed by atoms with Crippen LogP contribution in [0.3, 0.4) is 0 Å². The predicted octanol–water partition coefficient (Wildman–Crippen LogP) is 4.04. The number of carbonyl (C=O) groups excluding carboxylic acids is 1. The molecule has 1 amide bonds. The zero-order valence-corrected chi connectivity index (χ0v) is 17.6. The van der Waals surface area contributed by atoms with E-state index in [1.807, 2.05) is 18.2 Å². The minimum Gasteiger partial charge on any atom is -0.312 e. The predicted molar refractivity (Wildman–Crippen MR) is 116 cm³/mol. The highest BCUT2D eigenvalue weighted by atomic mass is 19.4. The standard InChI is InChI=1S/C24H20F3N5O/c1-28-19-4-2-3-17(11-19)12-30-14-20-21(15-30)31-10-9-29-23(31)32(22(20)33)13-16-5-7-18(8-6-16)24(25,26)27/h2-8,11H,9-10,12-15H2. The Bertz CT molecular complexity index is 1210. The minimum absolute atomic E-state index is 0.154. The molecule has 33 heavy (non-hydrogen) atoms. The zero-order valence-electron chi connectivity index (χ0n) is 17.6. The Morgan fingerprint density at radius 2 is 1.82 bits per heavy atom. The van der Waals surface area contributed by atoms with Crippen LogP contribution in [0.2, 0.25) is 0 Å². The summed E-state index contributed by atoms with van der Waals surface area (Å²) in [7, 11) is 0. The van der Waals surface area contributed by atoms with E-state index in [4.69, 9.17) is 6.57 Å². The van der Waals surface area contributed by atoms with Gasteiger partial charge in [-0.3, -0.25) is 19.6 Å². The van der Waals surface area contributed by atoms with Gasteiger partial charge in [-0.2, -0.15) is 13.2 Å². The molecule has 0 aromatic heterocycles. The summed E-state index contributed by atoms with van der Waals surface area (Å²) in [6.07, 6.45) is -4.40. The smallest absolute Gasteiger partial charge is 0.312 e. The minimum atomic E-state index is -4.40. The maximum atomic E-state index is 13.4. The van der Waals surface area contributed by atoms with E-state index in [0.717, 1.165) is 23.4 Å². The number of aliphatic imine (C=N–C) groups is 1. The summed E-state index contributed by atoms with van der Waals surface area (Å²) >= 11 is 0. The van der Waals surface area contributed by atoms with Gasteiger partial charge in [0.15, 0.2) is 5.69 Å². The molecule has 0 bridgehead atoms. The lowest BCUT2D eigenvalue weighted by atomic mass is 10.1. The fourth-order valence-corrected chi connectivity index (χ4v) is 4.51. The second-order valence-electron chi connectivity index (χ2n) is 8.27. The monoisotopic (exact) mass is 451 g/mol. The summed E-state index contributed by atoms with van der Waals surface area (Å²) in [5, 5.41) is 0. The fraction of sp³-hybridized carbons (Fsp3) is 0.292. The van der Waals surface area contributed by atoms with E-state index in [1.165, 1.54) is 12.1 Å². The Morgan fingerprint density at radius 1 is 1.03 bits per heavy atom. The lowest BCUT2D eigenvalue weighted by molar-refractivity contribution is -0.137. The number of benzene rings is 2. The molecule has 5 rings (SSSR count). The van der Waals surface area contributed by atoms with Gasteiger partial charge in [-0.05, 0) is 23.3 Å². The number of nitrogens with zero attached hydrogens (tertiary/aromatic N) is 5. The van der Waals surface area contributed by atoms with E-state index < -0.39 is 11.7 Å². The van der Waals surface area contributed by atoms with Gasteiger partial charge in [-0.1, -0.05) is 36.4 Å². The van der Waals surface area contributed by atoms with E-state index in [9.17, 15) is 18.0 Å². The summed E-state index contributed by atoms with van der Waals surface area (Å²) in [5.74, 6) is 0.412. The third-order valence-electron chi connectivity index (χ3n) is 6.06. The number of fused-ring (bicyclic) bond motifs is 2. The molecule has 3 aliphatic rings. The molecule has 168 valence electrons. The summed E-state index contributed by atoms with van der Waals surface area (Å²) in [6, 6.07) is 12.3. The molecule has 0 atom stereocenters. The molecule has 0 saturated heterocycles. The molecule has 0 fully saturated rings. The molecule has 0 radical (unpaired) electrons. The summed E-state index contributed by atoms with van der Waals surface area (Å²) in [4.78, 5) is 27.2. The van der Waals surface area contributed by atoms with Crippen molar-refractivity contribution >= 4 is 17.6 Å². The van der Waals surface area contributed by atoms with Gasteiger partial charge < -0.3 is 4.90 Å². The van der Waals surface area contributed by atoms with Crippen LogP contribution in [0.15, 0.2) is 64.8 Å². The Kier molecular flexibility index (Phi) is 5.17. The SMILES string of the molecule is [C-]#[N+]c1cccc(CN2CC3=C(C2)N2CCN=C2N(Cc2ccc(C(F)(F)F)cc2)C3=O)c1. The number of guanidine groups is 1. The van der Waals surface area contributed by atoms with Gasteiger partial charge in [0.25, 0.3) is 5.91 Å². The first-order valence-electron chi connectivity index (χ1n) is 10.5. The van der Waals surface area contributed by atoms with E-state index >= 15 is 0 Å². The zero-order chi connectivity index (χ0) is 23.2. The van der Waals surface area contributed by atoms with Crippen molar-refractivity contribution in [3.63, 3.8) is 0 Å². The Morgan fingerprint density at radius 3 is 2.55 bits per heavy atom. The molecule has 3 aliphatic heterocycles. The molecule has 9 heteroatoms. The summed E-state index contributed by atoms with van der Waals surface area (Å²) < 4.78 is 38.6.